The third-order valence-corrected chi connectivity index (χ3v) is 1.72. The highest BCUT2D eigenvalue weighted by atomic mass is 19.3. The molecule has 0 aromatic rings. The molecule has 0 radical (unpaired) electrons. The lowest BCUT2D eigenvalue weighted by Crippen LogP contribution is -2.45. The second-order valence-corrected chi connectivity index (χ2v) is 2.54. The van der Waals surface area contributed by atoms with Crippen molar-refractivity contribution in [3.63, 3.8) is 0 Å². The number of carbonyl (C=O) groups is 1. The van der Waals surface area contributed by atoms with Gasteiger partial charge < -0.3 is 10.5 Å². The molecule has 1 aliphatic heterocycles. The first-order chi connectivity index (χ1) is 5.04. The molecule has 1 atom stereocenters. The largest absolute Gasteiger partial charge is 0.380 e. The van der Waals surface area contributed by atoms with Crippen molar-refractivity contribution in [2.75, 3.05) is 13.2 Å². The predicted molar refractivity (Wildman–Crippen MR) is 33.1 cm³/mol. The molecule has 1 unspecified atom stereocenters. The summed E-state index contributed by atoms with van der Waals surface area (Å²) in [5.74, 6) is -5.42. The number of amides is 1. The number of alkyl halides is 2. The SMILES string of the molecule is NC(=O)C1COCCC1(F)F. The standard InChI is InChI=1S/C6H9F2NO2/c7-6(8)1-2-11-3-4(6)5(9)10/h4H,1-3H2,(H2,9,10). The Balaban J connectivity index is 2.67. The summed E-state index contributed by atoms with van der Waals surface area (Å²) in [6.45, 7) is -0.265. The zero-order chi connectivity index (χ0) is 8.48. The summed E-state index contributed by atoms with van der Waals surface area (Å²) < 4.78 is 30.2. The molecule has 1 amide bonds. The second kappa shape index (κ2) is 2.73. The molecule has 3 nitrogen and oxygen atoms in total. The normalized spacial score (nSPS) is 29.8. The van der Waals surface area contributed by atoms with E-state index in [1.54, 1.807) is 0 Å². The Morgan fingerprint density at radius 3 is 2.64 bits per heavy atom. The van der Waals surface area contributed by atoms with Crippen LogP contribution in [0.25, 0.3) is 0 Å². The maximum absolute atomic E-state index is 12.7. The lowest BCUT2D eigenvalue weighted by atomic mass is 9.97. The van der Waals surface area contributed by atoms with E-state index in [-0.39, 0.29) is 13.2 Å². The number of carbonyl (C=O) groups excluding carboxylic acids is 1. The zero-order valence-corrected chi connectivity index (χ0v) is 5.85. The summed E-state index contributed by atoms with van der Waals surface area (Å²) in [7, 11) is 0. The van der Waals surface area contributed by atoms with Crippen LogP contribution in [-0.2, 0) is 9.53 Å². The van der Waals surface area contributed by atoms with Crippen LogP contribution in [0.2, 0.25) is 0 Å². The summed E-state index contributed by atoms with van der Waals surface area (Å²) in [6, 6.07) is 0. The van der Waals surface area contributed by atoms with Crippen molar-refractivity contribution in [1.29, 1.82) is 0 Å². The van der Waals surface area contributed by atoms with E-state index in [9.17, 15) is 13.6 Å². The lowest BCUT2D eigenvalue weighted by Gasteiger charge is -2.28. The van der Waals surface area contributed by atoms with Crippen LogP contribution in [0.1, 0.15) is 6.42 Å². The van der Waals surface area contributed by atoms with E-state index in [1.807, 2.05) is 0 Å². The molecule has 11 heavy (non-hydrogen) atoms. The first-order valence-corrected chi connectivity index (χ1v) is 3.29. The lowest BCUT2D eigenvalue weighted by molar-refractivity contribution is -0.161. The maximum Gasteiger partial charge on any atom is 0.264 e. The van der Waals surface area contributed by atoms with Gasteiger partial charge in [0.2, 0.25) is 5.91 Å². The molecular formula is C6H9F2NO2. The quantitative estimate of drug-likeness (QED) is 0.601. The molecule has 0 aromatic carbocycles. The number of ether oxygens (including phenoxy) is 1. The van der Waals surface area contributed by atoms with E-state index < -0.39 is 24.2 Å². The number of hydrogen-bond acceptors (Lipinski definition) is 2. The van der Waals surface area contributed by atoms with Crippen LogP contribution in [-0.4, -0.2) is 25.0 Å². The van der Waals surface area contributed by atoms with E-state index in [1.165, 1.54) is 0 Å². The van der Waals surface area contributed by atoms with Gasteiger partial charge in [-0.3, -0.25) is 4.79 Å². The highest BCUT2D eigenvalue weighted by molar-refractivity contribution is 5.77. The molecule has 64 valence electrons. The van der Waals surface area contributed by atoms with Crippen LogP contribution in [0, 0.1) is 5.92 Å². The van der Waals surface area contributed by atoms with Gasteiger partial charge in [0, 0.05) is 6.42 Å². The molecule has 0 spiro atoms. The van der Waals surface area contributed by atoms with Crippen molar-refractivity contribution >= 4 is 5.91 Å². The topological polar surface area (TPSA) is 52.3 Å². The molecule has 1 aliphatic rings. The molecule has 0 aromatic heterocycles. The Hall–Kier alpha value is -0.710. The molecule has 0 aliphatic carbocycles. The van der Waals surface area contributed by atoms with Crippen molar-refractivity contribution in [2.45, 2.75) is 12.3 Å². The zero-order valence-electron chi connectivity index (χ0n) is 5.85. The summed E-state index contributed by atoms with van der Waals surface area (Å²) in [5.41, 5.74) is 4.74. The monoisotopic (exact) mass is 165 g/mol. The molecular weight excluding hydrogens is 156 g/mol. The first-order valence-electron chi connectivity index (χ1n) is 3.29. The van der Waals surface area contributed by atoms with E-state index >= 15 is 0 Å². The van der Waals surface area contributed by atoms with Gasteiger partial charge in [-0.05, 0) is 0 Å². The molecule has 1 saturated heterocycles. The van der Waals surface area contributed by atoms with E-state index in [2.05, 4.69) is 0 Å². The number of halogens is 2. The summed E-state index contributed by atoms with van der Waals surface area (Å²) >= 11 is 0. The Morgan fingerprint density at radius 2 is 2.27 bits per heavy atom. The van der Waals surface area contributed by atoms with Gasteiger partial charge in [-0.15, -0.1) is 0 Å². The van der Waals surface area contributed by atoms with Gasteiger partial charge >= 0.3 is 0 Å². The Bertz CT molecular complexity index is 172. The van der Waals surface area contributed by atoms with Gasteiger partial charge in [0.15, 0.2) is 0 Å². The molecule has 5 heteroatoms. The Morgan fingerprint density at radius 1 is 1.64 bits per heavy atom. The smallest absolute Gasteiger partial charge is 0.264 e. The molecule has 0 saturated carbocycles. The average Bonchev–Trinajstić information content (AvgIpc) is 1.85. The maximum atomic E-state index is 12.7. The second-order valence-electron chi connectivity index (χ2n) is 2.54. The average molecular weight is 165 g/mol. The fourth-order valence-electron chi connectivity index (χ4n) is 0.996. The molecule has 0 bridgehead atoms. The number of primary amides is 1. The van der Waals surface area contributed by atoms with Crippen LogP contribution in [0.3, 0.4) is 0 Å². The van der Waals surface area contributed by atoms with Crippen LogP contribution in [0.15, 0.2) is 0 Å². The van der Waals surface area contributed by atoms with Gasteiger partial charge in [0.1, 0.15) is 5.92 Å². The predicted octanol–water partition coefficient (Wildman–Crippen LogP) is 0.143. The number of hydrogen-bond donors (Lipinski definition) is 1. The number of nitrogens with two attached hydrogens (primary N) is 1. The number of rotatable bonds is 1. The van der Waals surface area contributed by atoms with Gasteiger partial charge in [0.05, 0.1) is 13.2 Å². The van der Waals surface area contributed by atoms with Crippen LogP contribution < -0.4 is 5.73 Å². The van der Waals surface area contributed by atoms with Gasteiger partial charge in [-0.25, -0.2) is 8.78 Å². The molecule has 1 rings (SSSR count). The van der Waals surface area contributed by atoms with Gasteiger partial charge in [-0.2, -0.15) is 0 Å². The molecule has 1 heterocycles. The fraction of sp³-hybridized carbons (Fsp3) is 0.833. The fourth-order valence-corrected chi connectivity index (χ4v) is 0.996. The summed E-state index contributed by atoms with van der Waals surface area (Å²) in [6.07, 6.45) is -0.416. The molecule has 2 N–H and O–H groups in total. The Labute approximate surface area is 62.5 Å². The minimum atomic E-state index is -2.98. The van der Waals surface area contributed by atoms with Crippen molar-refractivity contribution in [1.82, 2.24) is 0 Å². The van der Waals surface area contributed by atoms with E-state index in [0.29, 0.717) is 0 Å². The Kier molecular flexibility index (Phi) is 2.08. The summed E-state index contributed by atoms with van der Waals surface area (Å²) in [5, 5.41) is 0. The summed E-state index contributed by atoms with van der Waals surface area (Å²) in [4.78, 5) is 10.4. The first kappa shape index (κ1) is 8.39. The van der Waals surface area contributed by atoms with Gasteiger partial charge in [-0.1, -0.05) is 0 Å². The van der Waals surface area contributed by atoms with Crippen molar-refractivity contribution in [3.05, 3.63) is 0 Å². The minimum absolute atomic E-state index is 0.00319. The highest BCUT2D eigenvalue weighted by Gasteiger charge is 2.45. The van der Waals surface area contributed by atoms with E-state index in [0.717, 1.165) is 0 Å². The van der Waals surface area contributed by atoms with Crippen molar-refractivity contribution < 1.29 is 18.3 Å². The van der Waals surface area contributed by atoms with Crippen LogP contribution in [0.5, 0.6) is 0 Å². The van der Waals surface area contributed by atoms with Gasteiger partial charge in [0.25, 0.3) is 5.92 Å². The third-order valence-electron chi connectivity index (χ3n) is 1.72. The minimum Gasteiger partial charge on any atom is -0.380 e. The molecule has 1 fully saturated rings. The van der Waals surface area contributed by atoms with Crippen LogP contribution >= 0.6 is 0 Å². The van der Waals surface area contributed by atoms with E-state index in [4.69, 9.17) is 10.5 Å². The third kappa shape index (κ3) is 1.65. The highest BCUT2D eigenvalue weighted by Crippen LogP contribution is 2.31. The van der Waals surface area contributed by atoms with Crippen molar-refractivity contribution in [3.8, 4) is 0 Å². The van der Waals surface area contributed by atoms with Crippen molar-refractivity contribution in [2.24, 2.45) is 11.7 Å². The van der Waals surface area contributed by atoms with Crippen LogP contribution in [0.4, 0.5) is 8.78 Å².